The Morgan fingerprint density at radius 3 is 2.33 bits per heavy atom. The number of hydrogen-bond donors (Lipinski definition) is 1. The zero-order valence-corrected chi connectivity index (χ0v) is 28.1. The van der Waals surface area contributed by atoms with Crippen LogP contribution >= 0.6 is 0 Å². The number of amides is 3. The number of carbonyl (C=O) groups is 3. The van der Waals surface area contributed by atoms with Gasteiger partial charge in [0.15, 0.2) is 0 Å². The Hall–Kier alpha value is -3.75. The Balaban J connectivity index is 1.69. The van der Waals surface area contributed by atoms with Crippen molar-refractivity contribution in [2.45, 2.75) is 77.7 Å². The van der Waals surface area contributed by atoms with Gasteiger partial charge in [-0.2, -0.15) is 0 Å². The minimum atomic E-state index is -1.25. The minimum absolute atomic E-state index is 0.117. The van der Waals surface area contributed by atoms with E-state index in [0.717, 1.165) is 16.8 Å². The van der Waals surface area contributed by atoms with Gasteiger partial charge in [0.1, 0.15) is 11.6 Å². The molecule has 1 spiro atoms. The van der Waals surface area contributed by atoms with Gasteiger partial charge in [-0.05, 0) is 74.8 Å². The first kappa shape index (κ1) is 33.6. The summed E-state index contributed by atoms with van der Waals surface area (Å²) in [6.45, 7) is 20.0. The molecule has 46 heavy (non-hydrogen) atoms. The molecule has 8 nitrogen and oxygen atoms in total. The molecule has 7 atom stereocenters. The van der Waals surface area contributed by atoms with E-state index in [2.05, 4.69) is 13.2 Å². The van der Waals surface area contributed by atoms with Crippen molar-refractivity contribution in [2.24, 2.45) is 23.7 Å². The molecule has 0 saturated carbocycles. The number of benzene rings is 2. The van der Waals surface area contributed by atoms with Crippen LogP contribution in [0.25, 0.3) is 0 Å². The highest BCUT2D eigenvalue weighted by atomic mass is 16.5. The Labute approximate surface area is 273 Å². The van der Waals surface area contributed by atoms with E-state index in [1.54, 1.807) is 26.9 Å². The van der Waals surface area contributed by atoms with E-state index >= 15 is 4.79 Å². The van der Waals surface area contributed by atoms with Crippen LogP contribution < -0.4 is 9.80 Å². The number of fused-ring (bicyclic) bond motifs is 1. The molecule has 2 bridgehead atoms. The first-order valence-electron chi connectivity index (χ1n) is 16.5. The van der Waals surface area contributed by atoms with Crippen LogP contribution in [0.1, 0.15) is 51.7 Å². The first-order chi connectivity index (χ1) is 21.9. The molecule has 0 aromatic heterocycles. The molecule has 3 fully saturated rings. The first-order valence-corrected chi connectivity index (χ1v) is 16.5. The lowest BCUT2D eigenvalue weighted by Crippen LogP contribution is -2.59. The van der Waals surface area contributed by atoms with Crippen LogP contribution in [0.15, 0.2) is 73.8 Å². The quantitative estimate of drug-likeness (QED) is 0.316. The Morgan fingerprint density at radius 2 is 1.72 bits per heavy atom. The van der Waals surface area contributed by atoms with E-state index in [9.17, 15) is 14.7 Å². The fourth-order valence-corrected chi connectivity index (χ4v) is 8.37. The lowest BCUT2D eigenvalue weighted by Gasteiger charge is -2.40. The number of nitrogens with zero attached hydrogens (tertiary/aromatic N) is 3. The van der Waals surface area contributed by atoms with Gasteiger partial charge in [-0.1, -0.05) is 63.3 Å². The van der Waals surface area contributed by atoms with Crippen molar-refractivity contribution in [3.8, 4) is 0 Å². The second kappa shape index (κ2) is 12.8. The van der Waals surface area contributed by atoms with E-state index in [0.29, 0.717) is 18.5 Å². The van der Waals surface area contributed by atoms with E-state index in [1.807, 2.05) is 90.1 Å². The van der Waals surface area contributed by atoms with Crippen LogP contribution in [-0.4, -0.2) is 70.7 Å². The van der Waals surface area contributed by atoms with Crippen molar-refractivity contribution < 1.29 is 24.2 Å². The molecule has 1 N–H and O–H groups in total. The van der Waals surface area contributed by atoms with Gasteiger partial charge in [-0.15, -0.1) is 13.2 Å². The zero-order chi connectivity index (χ0) is 33.6. The Kier molecular flexibility index (Phi) is 9.35. The summed E-state index contributed by atoms with van der Waals surface area (Å²) in [7, 11) is 0. The standard InChI is InChI=1S/C38H49N3O5/c1-9-18-39(28-14-12-11-13-15-28)34(43)31-32-35(44)41(29(23-42)20-24(3)4)33(38(32)22-27(7)37(31,8)46-38)36(45)40(19-10-2)30-21-25(5)16-17-26(30)6/h9-17,21,24,27,29,31-33,42H,1-2,18-20,22-23H2,3-8H3/t27?,29-,31+,32+,33?,37-,38?/m1/s1. The summed E-state index contributed by atoms with van der Waals surface area (Å²) in [5.74, 6) is -2.52. The van der Waals surface area contributed by atoms with Gasteiger partial charge in [-0.3, -0.25) is 14.4 Å². The molecule has 3 amide bonds. The van der Waals surface area contributed by atoms with Gasteiger partial charge in [0, 0.05) is 24.5 Å². The maximum Gasteiger partial charge on any atom is 0.253 e. The van der Waals surface area contributed by atoms with E-state index in [1.165, 1.54) is 0 Å². The van der Waals surface area contributed by atoms with Crippen molar-refractivity contribution in [1.29, 1.82) is 0 Å². The monoisotopic (exact) mass is 627 g/mol. The summed E-state index contributed by atoms with van der Waals surface area (Å²) in [5.41, 5.74) is 1.13. The van der Waals surface area contributed by atoms with Gasteiger partial charge in [0.2, 0.25) is 11.8 Å². The van der Waals surface area contributed by atoms with Crippen LogP contribution in [0.3, 0.4) is 0 Å². The molecule has 246 valence electrons. The lowest BCUT2D eigenvalue weighted by molar-refractivity contribution is -0.149. The summed E-state index contributed by atoms with van der Waals surface area (Å²) in [4.78, 5) is 49.8. The number of hydrogen-bond acceptors (Lipinski definition) is 5. The third-order valence-electron chi connectivity index (χ3n) is 10.5. The minimum Gasteiger partial charge on any atom is -0.394 e. The smallest absolute Gasteiger partial charge is 0.253 e. The molecular formula is C38H49N3O5. The number of aryl methyl sites for hydroxylation is 2. The van der Waals surface area contributed by atoms with E-state index in [-0.39, 0.29) is 49.3 Å². The molecule has 8 heteroatoms. The van der Waals surface area contributed by atoms with Crippen molar-refractivity contribution in [3.63, 3.8) is 0 Å². The molecule has 2 aromatic carbocycles. The normalized spacial score (nSPS) is 28.7. The molecule has 3 aliphatic rings. The summed E-state index contributed by atoms with van der Waals surface area (Å²) < 4.78 is 7.04. The maximum atomic E-state index is 15.1. The van der Waals surface area contributed by atoms with Crippen LogP contribution in [0.5, 0.6) is 0 Å². The zero-order valence-electron chi connectivity index (χ0n) is 28.1. The third-order valence-corrected chi connectivity index (χ3v) is 10.5. The van der Waals surface area contributed by atoms with Crippen LogP contribution in [-0.2, 0) is 19.1 Å². The highest BCUT2D eigenvalue weighted by Gasteiger charge is 2.80. The topological polar surface area (TPSA) is 90.4 Å². The second-order valence-corrected chi connectivity index (χ2v) is 14.0. The average molecular weight is 628 g/mol. The molecular weight excluding hydrogens is 578 g/mol. The summed E-state index contributed by atoms with van der Waals surface area (Å²) in [6.07, 6.45) is 4.30. The number of anilines is 2. The van der Waals surface area contributed by atoms with Gasteiger partial charge in [0.05, 0.1) is 30.1 Å². The summed E-state index contributed by atoms with van der Waals surface area (Å²) in [6, 6.07) is 13.7. The largest absolute Gasteiger partial charge is 0.394 e. The van der Waals surface area contributed by atoms with Crippen molar-refractivity contribution in [2.75, 3.05) is 29.5 Å². The Bertz CT molecular complexity index is 1510. The molecule has 3 saturated heterocycles. The average Bonchev–Trinajstić information content (AvgIpc) is 3.54. The van der Waals surface area contributed by atoms with Crippen LogP contribution in [0, 0.1) is 37.5 Å². The molecule has 0 aliphatic carbocycles. The van der Waals surface area contributed by atoms with Crippen molar-refractivity contribution in [1.82, 2.24) is 4.90 Å². The highest BCUT2D eigenvalue weighted by molar-refractivity contribution is 6.07. The van der Waals surface area contributed by atoms with Crippen molar-refractivity contribution >= 4 is 29.1 Å². The summed E-state index contributed by atoms with van der Waals surface area (Å²) in [5, 5.41) is 10.7. The molecule has 2 aromatic rings. The third kappa shape index (κ3) is 5.29. The number of para-hydroxylation sites is 1. The maximum absolute atomic E-state index is 15.1. The van der Waals surface area contributed by atoms with Crippen molar-refractivity contribution in [3.05, 3.63) is 85.0 Å². The molecule has 3 unspecified atom stereocenters. The predicted molar refractivity (Wildman–Crippen MR) is 181 cm³/mol. The fraction of sp³-hybridized carbons (Fsp3) is 0.500. The van der Waals surface area contributed by atoms with Crippen LogP contribution in [0.2, 0.25) is 0 Å². The number of aliphatic hydroxyl groups excluding tert-OH is 1. The number of ether oxygens (including phenoxy) is 1. The lowest BCUT2D eigenvalue weighted by atomic mass is 9.62. The fourth-order valence-electron chi connectivity index (χ4n) is 8.37. The van der Waals surface area contributed by atoms with E-state index < -0.39 is 35.1 Å². The Morgan fingerprint density at radius 1 is 1.07 bits per heavy atom. The van der Waals surface area contributed by atoms with Gasteiger partial charge in [-0.25, -0.2) is 0 Å². The summed E-state index contributed by atoms with van der Waals surface area (Å²) >= 11 is 0. The molecule has 5 rings (SSSR count). The van der Waals surface area contributed by atoms with Gasteiger partial charge >= 0.3 is 0 Å². The van der Waals surface area contributed by atoms with Crippen LogP contribution in [0.4, 0.5) is 11.4 Å². The number of likely N-dealkylation sites (tertiary alicyclic amines) is 1. The number of carbonyl (C=O) groups excluding carboxylic acids is 3. The predicted octanol–water partition coefficient (Wildman–Crippen LogP) is 5.46. The highest BCUT2D eigenvalue weighted by Crippen LogP contribution is 2.66. The number of rotatable bonds is 12. The van der Waals surface area contributed by atoms with Gasteiger partial charge in [0.25, 0.3) is 5.91 Å². The molecule has 3 heterocycles. The number of aliphatic hydroxyl groups is 1. The molecule has 0 radical (unpaired) electrons. The SMILES string of the molecule is C=CCN(C(=O)[C@@H]1[C@H]2C(=O)N([C@@H](CO)CC(C)C)C(C(=O)N(CC=C)c3cc(C)ccc3C)C23CC(C)[C@@]1(C)O3)c1ccccc1. The second-order valence-electron chi connectivity index (χ2n) is 14.0. The van der Waals surface area contributed by atoms with Gasteiger partial charge < -0.3 is 24.5 Å². The molecule has 3 aliphatic heterocycles. The van der Waals surface area contributed by atoms with E-state index in [4.69, 9.17) is 4.74 Å².